The molecular formula is C21H36N2O2. The Hall–Kier alpha value is -1.84. The first-order valence-corrected chi connectivity index (χ1v) is 9.65. The van der Waals surface area contributed by atoms with Crippen LogP contribution >= 0.6 is 0 Å². The highest BCUT2D eigenvalue weighted by atomic mass is 16.3. The van der Waals surface area contributed by atoms with Crippen molar-refractivity contribution < 1.29 is 9.21 Å². The van der Waals surface area contributed by atoms with Crippen LogP contribution in [-0.2, 0) is 4.79 Å². The molecule has 2 heterocycles. The van der Waals surface area contributed by atoms with Gasteiger partial charge in [-0.25, -0.2) is 4.98 Å². The molecule has 1 saturated heterocycles. The predicted octanol–water partition coefficient (Wildman–Crippen LogP) is 5.59. The Labute approximate surface area is 154 Å². The van der Waals surface area contributed by atoms with Gasteiger partial charge in [-0.3, -0.25) is 4.79 Å². The van der Waals surface area contributed by atoms with Crippen molar-refractivity contribution in [3.05, 3.63) is 42.2 Å². The molecule has 1 amide bonds. The lowest BCUT2D eigenvalue weighted by Gasteiger charge is -2.31. The fourth-order valence-electron chi connectivity index (χ4n) is 2.72. The normalized spacial score (nSPS) is 17.7. The Morgan fingerprint density at radius 3 is 2.52 bits per heavy atom. The Bertz CT molecular complexity index is 516. The van der Waals surface area contributed by atoms with Gasteiger partial charge in [-0.1, -0.05) is 59.8 Å². The number of likely N-dealkylation sites (tertiary alicyclic amines) is 1. The number of carbonyl (C=O) groups excluding carboxylic acids is 1. The zero-order valence-electron chi connectivity index (χ0n) is 17.1. The van der Waals surface area contributed by atoms with Crippen LogP contribution < -0.4 is 0 Å². The average molecular weight is 349 g/mol. The third kappa shape index (κ3) is 7.72. The van der Waals surface area contributed by atoms with Gasteiger partial charge in [-0.2, -0.15) is 0 Å². The number of aromatic nitrogens is 1. The van der Waals surface area contributed by atoms with E-state index in [9.17, 15) is 4.79 Å². The number of piperidine rings is 1. The SMILES string of the molecule is C/C=C\C(=C/C(C)C)C(=O)N1CCC[C@@H](c2ncco2)C1.CC.CC. The molecule has 4 heteroatoms. The molecule has 0 aliphatic carbocycles. The Balaban J connectivity index is 0.00000134. The largest absolute Gasteiger partial charge is 0.449 e. The van der Waals surface area contributed by atoms with Crippen LogP contribution in [0.25, 0.3) is 0 Å². The maximum atomic E-state index is 12.7. The zero-order valence-corrected chi connectivity index (χ0v) is 17.1. The number of amides is 1. The number of carbonyl (C=O) groups is 1. The van der Waals surface area contributed by atoms with E-state index < -0.39 is 0 Å². The van der Waals surface area contributed by atoms with Gasteiger partial charge >= 0.3 is 0 Å². The molecule has 1 atom stereocenters. The standard InChI is InChI=1S/C17H24N2O2.2C2H6/c1-4-6-14(11-13(2)3)17(20)19-9-5-7-15(12-19)16-18-8-10-21-16;2*1-2/h4,6,8,10-11,13,15H,5,7,9,12H2,1-3H3;2*1-2H3/b6-4-,14-11+;;/t15-;;/m1../s1. The smallest absolute Gasteiger partial charge is 0.253 e. The second-order valence-electron chi connectivity index (χ2n) is 5.83. The Kier molecular flexibility index (Phi) is 12.5. The van der Waals surface area contributed by atoms with Crippen LogP contribution in [0, 0.1) is 5.92 Å². The molecule has 1 aliphatic heterocycles. The van der Waals surface area contributed by atoms with Gasteiger partial charge in [0, 0.05) is 18.7 Å². The van der Waals surface area contributed by atoms with E-state index in [0.717, 1.165) is 30.9 Å². The van der Waals surface area contributed by atoms with Gasteiger partial charge in [-0.05, 0) is 25.7 Å². The fourth-order valence-corrected chi connectivity index (χ4v) is 2.72. The van der Waals surface area contributed by atoms with Crippen molar-refractivity contribution in [3.8, 4) is 0 Å². The summed E-state index contributed by atoms with van der Waals surface area (Å²) in [5.74, 6) is 1.42. The van der Waals surface area contributed by atoms with Crippen molar-refractivity contribution in [2.45, 2.75) is 67.2 Å². The van der Waals surface area contributed by atoms with Crippen LogP contribution in [0.1, 0.15) is 73.1 Å². The predicted molar refractivity (Wildman–Crippen MR) is 105 cm³/mol. The molecule has 0 radical (unpaired) electrons. The molecule has 25 heavy (non-hydrogen) atoms. The van der Waals surface area contributed by atoms with E-state index in [4.69, 9.17) is 4.42 Å². The van der Waals surface area contributed by atoms with Crippen LogP contribution in [0.15, 0.2) is 40.7 Å². The Morgan fingerprint density at radius 1 is 1.32 bits per heavy atom. The van der Waals surface area contributed by atoms with Gasteiger partial charge in [0.15, 0.2) is 5.89 Å². The van der Waals surface area contributed by atoms with E-state index in [0.29, 0.717) is 12.5 Å². The molecule has 142 valence electrons. The number of oxazole rings is 1. The van der Waals surface area contributed by atoms with E-state index in [1.54, 1.807) is 12.5 Å². The van der Waals surface area contributed by atoms with E-state index in [1.165, 1.54) is 0 Å². The molecule has 2 rings (SSSR count). The van der Waals surface area contributed by atoms with Crippen molar-refractivity contribution in [1.29, 1.82) is 0 Å². The molecular weight excluding hydrogens is 312 g/mol. The van der Waals surface area contributed by atoms with Gasteiger partial charge in [0.25, 0.3) is 5.91 Å². The quantitative estimate of drug-likeness (QED) is 0.526. The van der Waals surface area contributed by atoms with E-state index in [-0.39, 0.29) is 11.8 Å². The summed E-state index contributed by atoms with van der Waals surface area (Å²) >= 11 is 0. The number of allylic oxidation sites excluding steroid dienone is 2. The maximum absolute atomic E-state index is 12.7. The molecule has 1 fully saturated rings. The summed E-state index contributed by atoms with van der Waals surface area (Å²) in [6.07, 6.45) is 11.1. The van der Waals surface area contributed by atoms with Gasteiger partial charge in [0.05, 0.1) is 12.1 Å². The second-order valence-corrected chi connectivity index (χ2v) is 5.83. The van der Waals surface area contributed by atoms with Crippen molar-refractivity contribution in [2.75, 3.05) is 13.1 Å². The summed E-state index contributed by atoms with van der Waals surface area (Å²) in [7, 11) is 0. The molecule has 1 aromatic heterocycles. The van der Waals surface area contributed by atoms with Crippen LogP contribution in [0.5, 0.6) is 0 Å². The van der Waals surface area contributed by atoms with E-state index in [2.05, 4.69) is 18.8 Å². The minimum absolute atomic E-state index is 0.109. The Morgan fingerprint density at radius 2 is 2.00 bits per heavy atom. The van der Waals surface area contributed by atoms with Gasteiger partial charge in [0.1, 0.15) is 6.26 Å². The van der Waals surface area contributed by atoms with Crippen LogP contribution in [0.3, 0.4) is 0 Å². The average Bonchev–Trinajstić information content (AvgIpc) is 3.19. The summed E-state index contributed by atoms with van der Waals surface area (Å²) in [5.41, 5.74) is 0.778. The van der Waals surface area contributed by atoms with Crippen molar-refractivity contribution in [2.24, 2.45) is 5.92 Å². The molecule has 0 unspecified atom stereocenters. The van der Waals surface area contributed by atoms with Gasteiger partial charge < -0.3 is 9.32 Å². The van der Waals surface area contributed by atoms with Crippen molar-refractivity contribution in [3.63, 3.8) is 0 Å². The lowest BCUT2D eigenvalue weighted by molar-refractivity contribution is -0.128. The number of nitrogens with zero attached hydrogens (tertiary/aromatic N) is 2. The molecule has 0 N–H and O–H groups in total. The molecule has 1 aliphatic rings. The summed E-state index contributed by atoms with van der Waals surface area (Å²) < 4.78 is 5.40. The van der Waals surface area contributed by atoms with Crippen LogP contribution in [-0.4, -0.2) is 28.9 Å². The lowest BCUT2D eigenvalue weighted by atomic mass is 9.97. The molecule has 1 aromatic rings. The van der Waals surface area contributed by atoms with Gasteiger partial charge in [0.2, 0.25) is 0 Å². The first kappa shape index (κ1) is 23.2. The monoisotopic (exact) mass is 348 g/mol. The first-order valence-electron chi connectivity index (χ1n) is 9.65. The third-order valence-electron chi connectivity index (χ3n) is 3.62. The van der Waals surface area contributed by atoms with E-state index in [1.807, 2.05) is 57.7 Å². The highest BCUT2D eigenvalue weighted by Crippen LogP contribution is 2.26. The minimum Gasteiger partial charge on any atom is -0.449 e. The molecule has 4 nitrogen and oxygen atoms in total. The number of hydrogen-bond acceptors (Lipinski definition) is 3. The zero-order chi connectivity index (χ0) is 19.2. The first-order chi connectivity index (χ1) is 12.1. The minimum atomic E-state index is 0.109. The maximum Gasteiger partial charge on any atom is 0.253 e. The number of hydrogen-bond donors (Lipinski definition) is 0. The van der Waals surface area contributed by atoms with E-state index >= 15 is 0 Å². The molecule has 0 bridgehead atoms. The molecule has 0 aromatic carbocycles. The summed E-state index contributed by atoms with van der Waals surface area (Å²) in [6, 6.07) is 0. The fraction of sp³-hybridized carbons (Fsp3) is 0.619. The highest BCUT2D eigenvalue weighted by molar-refractivity contribution is 5.96. The molecule has 0 spiro atoms. The third-order valence-corrected chi connectivity index (χ3v) is 3.62. The van der Waals surface area contributed by atoms with Crippen LogP contribution in [0.4, 0.5) is 0 Å². The van der Waals surface area contributed by atoms with Crippen LogP contribution in [0.2, 0.25) is 0 Å². The lowest BCUT2D eigenvalue weighted by Crippen LogP contribution is -2.39. The van der Waals surface area contributed by atoms with Crippen molar-refractivity contribution in [1.82, 2.24) is 9.88 Å². The summed E-state index contributed by atoms with van der Waals surface area (Å²) in [5, 5.41) is 0. The summed E-state index contributed by atoms with van der Waals surface area (Å²) in [4.78, 5) is 18.8. The highest BCUT2D eigenvalue weighted by Gasteiger charge is 2.28. The summed E-state index contributed by atoms with van der Waals surface area (Å²) in [6.45, 7) is 15.6. The van der Waals surface area contributed by atoms with Crippen molar-refractivity contribution >= 4 is 5.91 Å². The molecule has 0 saturated carbocycles. The number of rotatable bonds is 4. The topological polar surface area (TPSA) is 46.3 Å². The van der Waals surface area contributed by atoms with Gasteiger partial charge in [-0.15, -0.1) is 0 Å². The second kappa shape index (κ2) is 13.5.